The van der Waals surface area contributed by atoms with E-state index < -0.39 is 0 Å². The van der Waals surface area contributed by atoms with Crippen LogP contribution in [0.1, 0.15) is 30.0 Å². The Morgan fingerprint density at radius 3 is 2.75 bits per heavy atom. The van der Waals surface area contributed by atoms with Gasteiger partial charge in [0, 0.05) is 17.0 Å². The minimum Gasteiger partial charge on any atom is -0.422 e. The molecule has 1 heterocycles. The number of quaternary nitrogens is 1. The van der Waals surface area contributed by atoms with Crippen LogP contribution in [0.3, 0.4) is 0 Å². The SMILES string of the molecule is CC[C@@H](CO)[NH2+]Cc1cc(=O)oc2c(C)c(C)ccc12. The molecule has 0 saturated carbocycles. The smallest absolute Gasteiger partial charge is 0.336 e. The van der Waals surface area contributed by atoms with Crippen molar-refractivity contribution in [2.45, 2.75) is 39.8 Å². The van der Waals surface area contributed by atoms with Crippen molar-refractivity contribution in [2.24, 2.45) is 0 Å². The van der Waals surface area contributed by atoms with E-state index in [1.165, 1.54) is 0 Å². The molecule has 0 unspecified atom stereocenters. The van der Waals surface area contributed by atoms with E-state index in [1.54, 1.807) is 6.07 Å². The lowest BCUT2D eigenvalue weighted by atomic mass is 10.0. The van der Waals surface area contributed by atoms with Crippen molar-refractivity contribution >= 4 is 11.0 Å². The third-order valence-electron chi connectivity index (χ3n) is 3.95. The van der Waals surface area contributed by atoms with Crippen LogP contribution in [-0.2, 0) is 6.54 Å². The molecule has 0 aliphatic heterocycles. The average Bonchev–Trinajstić information content (AvgIpc) is 2.44. The van der Waals surface area contributed by atoms with Crippen molar-refractivity contribution in [1.82, 2.24) is 0 Å². The monoisotopic (exact) mass is 276 g/mol. The first kappa shape index (κ1) is 14.8. The highest BCUT2D eigenvalue weighted by molar-refractivity contribution is 5.83. The van der Waals surface area contributed by atoms with Gasteiger partial charge in [0.1, 0.15) is 18.2 Å². The lowest BCUT2D eigenvalue weighted by Gasteiger charge is -2.12. The Kier molecular flexibility index (Phi) is 4.57. The molecule has 0 saturated heterocycles. The highest BCUT2D eigenvalue weighted by Gasteiger charge is 2.13. The molecule has 0 fully saturated rings. The fourth-order valence-corrected chi connectivity index (χ4v) is 2.36. The summed E-state index contributed by atoms with van der Waals surface area (Å²) in [6.45, 7) is 6.84. The van der Waals surface area contributed by atoms with E-state index in [9.17, 15) is 9.90 Å². The zero-order valence-electron chi connectivity index (χ0n) is 12.3. The van der Waals surface area contributed by atoms with Gasteiger partial charge in [0.25, 0.3) is 0 Å². The van der Waals surface area contributed by atoms with Gasteiger partial charge in [0.15, 0.2) is 0 Å². The molecule has 2 rings (SSSR count). The molecule has 0 bridgehead atoms. The van der Waals surface area contributed by atoms with Gasteiger partial charge in [-0.05, 0) is 31.4 Å². The molecule has 0 aliphatic carbocycles. The van der Waals surface area contributed by atoms with Crippen LogP contribution < -0.4 is 10.9 Å². The van der Waals surface area contributed by atoms with Crippen molar-refractivity contribution in [3.05, 3.63) is 45.3 Å². The molecule has 108 valence electrons. The maximum absolute atomic E-state index is 11.7. The Labute approximate surface area is 118 Å². The Morgan fingerprint density at radius 1 is 1.35 bits per heavy atom. The molecule has 20 heavy (non-hydrogen) atoms. The van der Waals surface area contributed by atoms with Gasteiger partial charge in [-0.3, -0.25) is 0 Å². The zero-order chi connectivity index (χ0) is 14.7. The van der Waals surface area contributed by atoms with Crippen LogP contribution in [-0.4, -0.2) is 17.8 Å². The molecule has 0 amide bonds. The average molecular weight is 276 g/mol. The molecule has 1 atom stereocenters. The molecular formula is C16H22NO3+. The lowest BCUT2D eigenvalue weighted by molar-refractivity contribution is -0.706. The van der Waals surface area contributed by atoms with E-state index in [1.807, 2.05) is 32.9 Å². The molecule has 0 spiro atoms. The molecule has 3 N–H and O–H groups in total. The van der Waals surface area contributed by atoms with Crippen LogP contribution in [0.4, 0.5) is 0 Å². The second kappa shape index (κ2) is 6.20. The molecule has 0 radical (unpaired) electrons. The number of aliphatic hydroxyl groups is 1. The zero-order valence-corrected chi connectivity index (χ0v) is 12.3. The lowest BCUT2D eigenvalue weighted by Crippen LogP contribution is -2.89. The van der Waals surface area contributed by atoms with Crippen LogP contribution in [0.5, 0.6) is 0 Å². The van der Waals surface area contributed by atoms with Gasteiger partial charge in [-0.15, -0.1) is 0 Å². The predicted octanol–water partition coefficient (Wildman–Crippen LogP) is 1.24. The minimum atomic E-state index is -0.313. The maximum atomic E-state index is 11.7. The second-order valence-corrected chi connectivity index (χ2v) is 5.27. The largest absolute Gasteiger partial charge is 0.422 e. The standard InChI is InChI=1S/C16H21NO3/c1-4-13(9-18)17-8-12-7-15(19)20-16-11(3)10(2)5-6-14(12)16/h5-7,13,17-18H,4,8-9H2,1-3H3/p+1/t13-/m0/s1. The van der Waals surface area contributed by atoms with Crippen molar-refractivity contribution in [3.8, 4) is 0 Å². The topological polar surface area (TPSA) is 67.1 Å². The van der Waals surface area contributed by atoms with Crippen molar-refractivity contribution in [2.75, 3.05) is 6.61 Å². The van der Waals surface area contributed by atoms with E-state index in [-0.39, 0.29) is 18.3 Å². The molecule has 1 aromatic carbocycles. The van der Waals surface area contributed by atoms with Crippen molar-refractivity contribution < 1.29 is 14.8 Å². The quantitative estimate of drug-likeness (QED) is 0.808. The summed E-state index contributed by atoms with van der Waals surface area (Å²) in [6, 6.07) is 5.77. The van der Waals surface area contributed by atoms with Crippen LogP contribution >= 0.6 is 0 Å². The Balaban J connectivity index is 2.43. The summed E-state index contributed by atoms with van der Waals surface area (Å²) >= 11 is 0. The molecular weight excluding hydrogens is 254 g/mol. The van der Waals surface area contributed by atoms with Gasteiger partial charge in [-0.1, -0.05) is 19.1 Å². The van der Waals surface area contributed by atoms with Crippen molar-refractivity contribution in [3.63, 3.8) is 0 Å². The highest BCUT2D eigenvalue weighted by Crippen LogP contribution is 2.22. The first-order valence-corrected chi connectivity index (χ1v) is 7.04. The number of fused-ring (bicyclic) bond motifs is 1. The van der Waals surface area contributed by atoms with Gasteiger partial charge in [-0.2, -0.15) is 0 Å². The molecule has 4 nitrogen and oxygen atoms in total. The normalized spacial score (nSPS) is 12.8. The minimum absolute atomic E-state index is 0.147. The summed E-state index contributed by atoms with van der Waals surface area (Å²) in [4.78, 5) is 11.7. The van der Waals surface area contributed by atoms with Gasteiger partial charge >= 0.3 is 5.63 Å². The Hall–Kier alpha value is -1.65. The van der Waals surface area contributed by atoms with Gasteiger partial charge in [0.05, 0.1) is 6.61 Å². The second-order valence-electron chi connectivity index (χ2n) is 5.27. The maximum Gasteiger partial charge on any atom is 0.336 e. The number of hydrogen-bond donors (Lipinski definition) is 2. The summed E-state index contributed by atoms with van der Waals surface area (Å²) < 4.78 is 5.35. The van der Waals surface area contributed by atoms with Crippen LogP contribution in [0.25, 0.3) is 11.0 Å². The number of nitrogens with two attached hydrogens (primary N) is 1. The van der Waals surface area contributed by atoms with E-state index in [2.05, 4.69) is 5.32 Å². The molecule has 2 aromatic rings. The fraction of sp³-hybridized carbons (Fsp3) is 0.438. The Morgan fingerprint density at radius 2 is 2.10 bits per heavy atom. The number of aliphatic hydroxyl groups excluding tert-OH is 1. The van der Waals surface area contributed by atoms with E-state index >= 15 is 0 Å². The highest BCUT2D eigenvalue weighted by atomic mass is 16.4. The summed E-state index contributed by atoms with van der Waals surface area (Å²) in [5.74, 6) is 0. The van der Waals surface area contributed by atoms with Crippen LogP contribution in [0.15, 0.2) is 27.4 Å². The number of benzene rings is 1. The third-order valence-corrected chi connectivity index (χ3v) is 3.95. The molecule has 1 aromatic heterocycles. The van der Waals surface area contributed by atoms with Gasteiger partial charge in [0.2, 0.25) is 0 Å². The Bertz CT molecular complexity index is 657. The summed E-state index contributed by atoms with van der Waals surface area (Å²) in [5.41, 5.74) is 3.45. The molecule has 4 heteroatoms. The number of aryl methyl sites for hydroxylation is 2. The van der Waals surface area contributed by atoms with Crippen molar-refractivity contribution in [1.29, 1.82) is 0 Å². The predicted molar refractivity (Wildman–Crippen MR) is 78.8 cm³/mol. The summed E-state index contributed by atoms with van der Waals surface area (Å²) in [6.07, 6.45) is 0.897. The first-order valence-electron chi connectivity index (χ1n) is 7.04. The van der Waals surface area contributed by atoms with Crippen LogP contribution in [0.2, 0.25) is 0 Å². The van der Waals surface area contributed by atoms with Gasteiger partial charge < -0.3 is 14.8 Å². The third kappa shape index (κ3) is 2.92. The van der Waals surface area contributed by atoms with Gasteiger partial charge in [-0.25, -0.2) is 4.79 Å². The van der Waals surface area contributed by atoms with E-state index in [0.717, 1.165) is 28.5 Å². The first-order chi connectivity index (χ1) is 9.56. The summed E-state index contributed by atoms with van der Waals surface area (Å²) in [5, 5.41) is 12.3. The molecule has 0 aliphatic rings. The summed E-state index contributed by atoms with van der Waals surface area (Å²) in [7, 11) is 0. The number of rotatable bonds is 5. The van der Waals surface area contributed by atoms with Crippen LogP contribution in [0, 0.1) is 13.8 Å². The number of hydrogen-bond acceptors (Lipinski definition) is 3. The fourth-order valence-electron chi connectivity index (χ4n) is 2.36. The van der Waals surface area contributed by atoms with E-state index in [4.69, 9.17) is 4.42 Å². The van der Waals surface area contributed by atoms with E-state index in [0.29, 0.717) is 12.1 Å².